The van der Waals surface area contributed by atoms with Gasteiger partial charge >= 0.3 is 0 Å². The Morgan fingerprint density at radius 2 is 1.74 bits per heavy atom. The summed E-state index contributed by atoms with van der Waals surface area (Å²) in [5.74, 6) is 1.02. The van der Waals surface area contributed by atoms with E-state index in [1.807, 2.05) is 37.3 Å². The summed E-state index contributed by atoms with van der Waals surface area (Å²) in [7, 11) is 0. The Morgan fingerprint density at radius 1 is 1.00 bits per heavy atom. The zero-order valence-electron chi connectivity index (χ0n) is 15.7. The molecule has 2 N–H and O–H groups in total. The Hall–Kier alpha value is -2.86. The molecule has 7 heteroatoms. The summed E-state index contributed by atoms with van der Waals surface area (Å²) in [6, 6.07) is 13.9. The van der Waals surface area contributed by atoms with E-state index in [1.54, 1.807) is 6.20 Å². The topological polar surface area (TPSA) is 66.0 Å². The zero-order valence-corrected chi connectivity index (χ0v) is 16.5. The predicted octanol–water partition coefficient (Wildman–Crippen LogP) is 5.17. The molecule has 3 rings (SSSR count). The van der Waals surface area contributed by atoms with Gasteiger partial charge in [0.25, 0.3) is 0 Å². The quantitative estimate of drug-likeness (QED) is 0.587. The minimum atomic E-state index is 0.408. The van der Waals surface area contributed by atoms with Crippen molar-refractivity contribution in [2.24, 2.45) is 0 Å². The van der Waals surface area contributed by atoms with Gasteiger partial charge in [0, 0.05) is 35.2 Å². The van der Waals surface area contributed by atoms with Crippen molar-refractivity contribution in [3.8, 4) is 0 Å². The van der Waals surface area contributed by atoms with Gasteiger partial charge in [0.05, 0.1) is 6.20 Å². The molecule has 0 spiro atoms. The van der Waals surface area contributed by atoms with E-state index >= 15 is 0 Å². The normalized spacial score (nSPS) is 10.5. The van der Waals surface area contributed by atoms with Gasteiger partial charge in [-0.05, 0) is 62.7 Å². The van der Waals surface area contributed by atoms with Crippen LogP contribution in [-0.4, -0.2) is 28.3 Å². The molecular formula is C20H23ClN6. The molecule has 0 radical (unpaired) electrons. The predicted molar refractivity (Wildman–Crippen MR) is 113 cm³/mol. The summed E-state index contributed by atoms with van der Waals surface area (Å²) in [5, 5.41) is 15.1. The monoisotopic (exact) mass is 382 g/mol. The van der Waals surface area contributed by atoms with E-state index in [2.05, 4.69) is 56.7 Å². The van der Waals surface area contributed by atoms with E-state index in [0.717, 1.165) is 30.0 Å². The number of hydrogen-bond acceptors (Lipinski definition) is 6. The van der Waals surface area contributed by atoms with Gasteiger partial charge in [-0.25, -0.2) is 0 Å². The van der Waals surface area contributed by atoms with Crippen LogP contribution in [0.2, 0.25) is 5.02 Å². The van der Waals surface area contributed by atoms with Crippen LogP contribution in [0.15, 0.2) is 48.7 Å². The lowest BCUT2D eigenvalue weighted by atomic mass is 10.2. The van der Waals surface area contributed by atoms with Gasteiger partial charge in [-0.3, -0.25) is 0 Å². The third kappa shape index (κ3) is 4.86. The highest BCUT2D eigenvalue weighted by atomic mass is 35.5. The second-order valence-electron chi connectivity index (χ2n) is 6.09. The summed E-state index contributed by atoms with van der Waals surface area (Å²) in [5.41, 5.74) is 4.04. The molecule has 0 saturated carbocycles. The number of anilines is 5. The average molecular weight is 383 g/mol. The third-order valence-electron chi connectivity index (χ3n) is 4.27. The van der Waals surface area contributed by atoms with Crippen LogP contribution in [0.1, 0.15) is 19.4 Å². The molecule has 0 aliphatic heterocycles. The number of nitrogens with zero attached hydrogens (tertiary/aromatic N) is 4. The Labute approximate surface area is 164 Å². The third-order valence-corrected chi connectivity index (χ3v) is 4.51. The van der Waals surface area contributed by atoms with Gasteiger partial charge in [-0.15, -0.1) is 5.10 Å². The van der Waals surface area contributed by atoms with E-state index in [-0.39, 0.29) is 0 Å². The van der Waals surface area contributed by atoms with Gasteiger partial charge in [-0.1, -0.05) is 17.7 Å². The summed E-state index contributed by atoms with van der Waals surface area (Å²) in [6.07, 6.45) is 1.59. The molecule has 0 bridgehead atoms. The van der Waals surface area contributed by atoms with Crippen molar-refractivity contribution in [1.29, 1.82) is 0 Å². The molecule has 0 aliphatic rings. The molecule has 2 aromatic carbocycles. The van der Waals surface area contributed by atoms with Crippen molar-refractivity contribution in [2.75, 3.05) is 28.6 Å². The maximum absolute atomic E-state index is 6.07. The smallest absolute Gasteiger partial charge is 0.249 e. The zero-order chi connectivity index (χ0) is 19.2. The van der Waals surface area contributed by atoms with Crippen LogP contribution in [0.5, 0.6) is 0 Å². The second kappa shape index (κ2) is 8.68. The Bertz CT molecular complexity index is 893. The number of hydrogen-bond donors (Lipinski definition) is 2. The first kappa shape index (κ1) is 18.9. The van der Waals surface area contributed by atoms with Gasteiger partial charge in [-0.2, -0.15) is 10.1 Å². The van der Waals surface area contributed by atoms with Crippen molar-refractivity contribution in [1.82, 2.24) is 15.2 Å². The highest BCUT2D eigenvalue weighted by Crippen LogP contribution is 2.24. The highest BCUT2D eigenvalue weighted by Gasteiger charge is 2.06. The van der Waals surface area contributed by atoms with Crippen molar-refractivity contribution < 1.29 is 0 Å². The highest BCUT2D eigenvalue weighted by molar-refractivity contribution is 6.30. The minimum absolute atomic E-state index is 0.408. The SMILES string of the molecule is CCN(CC)c1ccc(Nc2cnnc(Nc3cc(Cl)ccc3C)n2)cc1. The van der Waals surface area contributed by atoms with E-state index < -0.39 is 0 Å². The molecular weight excluding hydrogens is 360 g/mol. The van der Waals surface area contributed by atoms with Crippen molar-refractivity contribution in [2.45, 2.75) is 20.8 Å². The maximum atomic E-state index is 6.07. The van der Waals surface area contributed by atoms with Crippen LogP contribution in [0.4, 0.5) is 28.8 Å². The fraction of sp³-hybridized carbons (Fsp3) is 0.250. The summed E-state index contributed by atoms with van der Waals surface area (Å²) >= 11 is 6.07. The number of nitrogens with one attached hydrogen (secondary N) is 2. The Kier molecular flexibility index (Phi) is 6.08. The van der Waals surface area contributed by atoms with Crippen LogP contribution in [0, 0.1) is 6.92 Å². The van der Waals surface area contributed by atoms with Crippen molar-refractivity contribution in [3.63, 3.8) is 0 Å². The van der Waals surface area contributed by atoms with E-state index in [1.165, 1.54) is 5.69 Å². The van der Waals surface area contributed by atoms with Crippen LogP contribution >= 0.6 is 11.6 Å². The van der Waals surface area contributed by atoms with Crippen LogP contribution < -0.4 is 15.5 Å². The first-order valence-electron chi connectivity index (χ1n) is 8.94. The van der Waals surface area contributed by atoms with Crippen LogP contribution in [0.25, 0.3) is 0 Å². The number of halogens is 1. The van der Waals surface area contributed by atoms with E-state index in [4.69, 9.17) is 11.6 Å². The summed E-state index contributed by atoms with van der Waals surface area (Å²) < 4.78 is 0. The summed E-state index contributed by atoms with van der Waals surface area (Å²) in [6.45, 7) is 8.26. The number of aromatic nitrogens is 3. The lowest BCUT2D eigenvalue weighted by Gasteiger charge is -2.21. The number of benzene rings is 2. The number of rotatable bonds is 7. The first-order chi connectivity index (χ1) is 13.1. The Morgan fingerprint density at radius 3 is 2.44 bits per heavy atom. The standard InChI is InChI=1S/C20H23ClN6/c1-4-27(5-2)17-10-8-16(9-11-17)23-19-13-22-26-20(25-19)24-18-12-15(21)7-6-14(18)3/h6-13H,4-5H2,1-3H3,(H2,23,24,25,26). The molecule has 0 atom stereocenters. The maximum Gasteiger partial charge on any atom is 0.249 e. The molecule has 0 fully saturated rings. The largest absolute Gasteiger partial charge is 0.372 e. The van der Waals surface area contributed by atoms with Gasteiger partial charge < -0.3 is 15.5 Å². The molecule has 0 amide bonds. The van der Waals surface area contributed by atoms with Gasteiger partial charge in [0.1, 0.15) is 0 Å². The second-order valence-corrected chi connectivity index (χ2v) is 6.53. The number of aryl methyl sites for hydroxylation is 1. The molecule has 6 nitrogen and oxygen atoms in total. The molecule has 0 unspecified atom stereocenters. The first-order valence-corrected chi connectivity index (χ1v) is 9.31. The minimum Gasteiger partial charge on any atom is -0.372 e. The average Bonchev–Trinajstić information content (AvgIpc) is 2.67. The molecule has 0 saturated heterocycles. The lowest BCUT2D eigenvalue weighted by molar-refractivity contribution is 0.866. The van der Waals surface area contributed by atoms with Gasteiger partial charge in [0.15, 0.2) is 5.82 Å². The van der Waals surface area contributed by atoms with E-state index in [0.29, 0.717) is 16.8 Å². The molecule has 0 aliphatic carbocycles. The fourth-order valence-corrected chi connectivity index (χ4v) is 2.93. The van der Waals surface area contributed by atoms with Gasteiger partial charge in [0.2, 0.25) is 5.95 Å². The van der Waals surface area contributed by atoms with Crippen molar-refractivity contribution in [3.05, 3.63) is 59.2 Å². The van der Waals surface area contributed by atoms with Crippen LogP contribution in [0.3, 0.4) is 0 Å². The molecule has 27 heavy (non-hydrogen) atoms. The summed E-state index contributed by atoms with van der Waals surface area (Å²) in [4.78, 5) is 6.77. The van der Waals surface area contributed by atoms with Crippen LogP contribution in [-0.2, 0) is 0 Å². The molecule has 140 valence electrons. The van der Waals surface area contributed by atoms with E-state index in [9.17, 15) is 0 Å². The fourth-order valence-electron chi connectivity index (χ4n) is 2.76. The molecule has 3 aromatic rings. The molecule has 1 aromatic heterocycles. The lowest BCUT2D eigenvalue weighted by Crippen LogP contribution is -2.21. The molecule has 1 heterocycles. The Balaban J connectivity index is 1.73. The van der Waals surface area contributed by atoms with Crippen molar-refractivity contribution >= 4 is 40.4 Å².